The fourth-order valence-corrected chi connectivity index (χ4v) is 4.38. The fourth-order valence-electron chi connectivity index (χ4n) is 4.18. The summed E-state index contributed by atoms with van der Waals surface area (Å²) >= 11 is 6.18. The van der Waals surface area contributed by atoms with Gasteiger partial charge in [0.2, 0.25) is 0 Å². The van der Waals surface area contributed by atoms with Gasteiger partial charge in [0.25, 0.3) is 5.91 Å². The van der Waals surface area contributed by atoms with E-state index in [1.165, 1.54) is 19.3 Å². The maximum Gasteiger partial charge on any atom is 0.251 e. The van der Waals surface area contributed by atoms with Crippen LogP contribution in [0.15, 0.2) is 42.5 Å². The van der Waals surface area contributed by atoms with Crippen LogP contribution in [-0.4, -0.2) is 43.6 Å². The van der Waals surface area contributed by atoms with Crippen LogP contribution in [0.1, 0.15) is 36.0 Å². The Balaban J connectivity index is 1.47. The number of halogens is 1. The van der Waals surface area contributed by atoms with Gasteiger partial charge in [-0.25, -0.2) is 0 Å². The summed E-state index contributed by atoms with van der Waals surface area (Å²) in [6.07, 6.45) is 7.79. The van der Waals surface area contributed by atoms with Crippen molar-refractivity contribution in [3.63, 3.8) is 0 Å². The molecule has 2 aliphatic rings. The molecule has 2 aromatic carbocycles. The molecule has 0 atom stereocenters. The second kappa shape index (κ2) is 10.00. The van der Waals surface area contributed by atoms with Crippen molar-refractivity contribution in [1.82, 2.24) is 4.90 Å². The topological polar surface area (TPSA) is 56.6 Å². The van der Waals surface area contributed by atoms with Crippen molar-refractivity contribution in [2.75, 3.05) is 37.7 Å². The van der Waals surface area contributed by atoms with Gasteiger partial charge in [-0.3, -0.25) is 9.69 Å². The number of anilines is 1. The highest BCUT2D eigenvalue weighted by Crippen LogP contribution is 2.35. The van der Waals surface area contributed by atoms with E-state index in [0.29, 0.717) is 29.5 Å². The lowest BCUT2D eigenvalue weighted by atomic mass is 10.1. The largest absolute Gasteiger partial charge is 0.491 e. The first-order valence-electron chi connectivity index (χ1n) is 10.8. The van der Waals surface area contributed by atoms with Crippen molar-refractivity contribution in [2.45, 2.75) is 25.7 Å². The lowest BCUT2D eigenvalue weighted by molar-refractivity contribution is -0.114. The molecule has 2 aliphatic heterocycles. The first kappa shape index (κ1) is 21.4. The highest BCUT2D eigenvalue weighted by molar-refractivity contribution is 6.32. The SMILES string of the molecule is N#Cc1cc2c(cc1OCCN1CCCCC1)N(C(=O)/C=C/c1ccccc1Cl)CC2. The lowest BCUT2D eigenvalue weighted by Gasteiger charge is -2.26. The van der Waals surface area contributed by atoms with Crippen LogP contribution in [0.5, 0.6) is 5.75 Å². The monoisotopic (exact) mass is 435 g/mol. The summed E-state index contributed by atoms with van der Waals surface area (Å²) in [5.41, 5.74) is 3.15. The molecule has 1 saturated heterocycles. The molecule has 0 spiro atoms. The van der Waals surface area contributed by atoms with Gasteiger partial charge in [0.15, 0.2) is 0 Å². The van der Waals surface area contributed by atoms with Crippen LogP contribution in [0.4, 0.5) is 5.69 Å². The van der Waals surface area contributed by atoms with Crippen molar-refractivity contribution in [3.8, 4) is 11.8 Å². The number of piperidine rings is 1. The van der Waals surface area contributed by atoms with Crippen LogP contribution in [-0.2, 0) is 11.2 Å². The zero-order valence-corrected chi connectivity index (χ0v) is 18.3. The molecule has 6 heteroatoms. The van der Waals surface area contributed by atoms with Crippen molar-refractivity contribution in [3.05, 3.63) is 64.2 Å². The molecule has 2 heterocycles. The molecule has 0 unspecified atom stereocenters. The van der Waals surface area contributed by atoms with Crippen LogP contribution >= 0.6 is 11.6 Å². The first-order chi connectivity index (χ1) is 15.2. The molecule has 5 nitrogen and oxygen atoms in total. The van der Waals surface area contributed by atoms with Gasteiger partial charge in [0, 0.05) is 30.3 Å². The predicted molar refractivity (Wildman–Crippen MR) is 123 cm³/mol. The normalized spacial score (nSPS) is 16.3. The Kier molecular flexibility index (Phi) is 6.91. The van der Waals surface area contributed by atoms with E-state index in [1.807, 2.05) is 30.3 Å². The van der Waals surface area contributed by atoms with Gasteiger partial charge in [-0.2, -0.15) is 5.26 Å². The zero-order chi connectivity index (χ0) is 21.6. The van der Waals surface area contributed by atoms with Crippen molar-refractivity contribution in [1.29, 1.82) is 5.26 Å². The van der Waals surface area contributed by atoms with Crippen molar-refractivity contribution >= 4 is 29.3 Å². The molecule has 0 radical (unpaired) electrons. The summed E-state index contributed by atoms with van der Waals surface area (Å²) in [5.74, 6) is 0.440. The highest BCUT2D eigenvalue weighted by atomic mass is 35.5. The molecule has 0 bridgehead atoms. The molecule has 4 rings (SSSR count). The average molecular weight is 436 g/mol. The van der Waals surface area contributed by atoms with Crippen LogP contribution in [0.25, 0.3) is 6.08 Å². The molecule has 0 N–H and O–H groups in total. The Morgan fingerprint density at radius 1 is 1.16 bits per heavy atom. The van der Waals surface area contributed by atoms with Crippen LogP contribution in [0, 0.1) is 11.3 Å². The maximum absolute atomic E-state index is 12.9. The number of carbonyl (C=O) groups excluding carboxylic acids is 1. The maximum atomic E-state index is 12.9. The van der Waals surface area contributed by atoms with E-state index in [9.17, 15) is 10.1 Å². The van der Waals surface area contributed by atoms with E-state index >= 15 is 0 Å². The minimum absolute atomic E-state index is 0.109. The molecule has 1 amide bonds. The summed E-state index contributed by atoms with van der Waals surface area (Å²) in [5, 5.41) is 10.2. The third-order valence-corrected chi connectivity index (χ3v) is 6.23. The van der Waals surface area contributed by atoms with Crippen molar-refractivity contribution < 1.29 is 9.53 Å². The lowest BCUT2D eigenvalue weighted by Crippen LogP contribution is -2.33. The minimum atomic E-state index is -0.109. The van der Waals surface area contributed by atoms with E-state index in [4.69, 9.17) is 16.3 Å². The van der Waals surface area contributed by atoms with E-state index in [-0.39, 0.29) is 5.91 Å². The van der Waals surface area contributed by atoms with Gasteiger partial charge >= 0.3 is 0 Å². The number of fused-ring (bicyclic) bond motifs is 1. The van der Waals surface area contributed by atoms with Gasteiger partial charge in [0.1, 0.15) is 18.4 Å². The van der Waals surface area contributed by atoms with Crippen LogP contribution < -0.4 is 9.64 Å². The van der Waals surface area contributed by atoms with Gasteiger partial charge in [0.05, 0.1) is 11.3 Å². The number of amides is 1. The summed E-state index contributed by atoms with van der Waals surface area (Å²) in [7, 11) is 0. The van der Waals surface area contributed by atoms with Gasteiger partial charge < -0.3 is 9.64 Å². The number of nitrogens with zero attached hydrogens (tertiary/aromatic N) is 3. The third kappa shape index (κ3) is 5.10. The molecular weight excluding hydrogens is 410 g/mol. The van der Waals surface area contributed by atoms with Gasteiger partial charge in [-0.05, 0) is 61.7 Å². The standard InChI is InChI=1S/C25H26ClN3O2/c26-22-7-3-2-6-19(22)8-9-25(30)29-13-10-20-16-21(18-27)24(17-23(20)29)31-15-14-28-11-4-1-5-12-28/h2-3,6-9,16-17H,1,4-5,10-15H2/b9-8+. The van der Waals surface area contributed by atoms with E-state index in [2.05, 4.69) is 11.0 Å². The molecule has 31 heavy (non-hydrogen) atoms. The number of ether oxygens (including phenoxy) is 1. The Morgan fingerprint density at radius 3 is 2.74 bits per heavy atom. The number of hydrogen-bond acceptors (Lipinski definition) is 4. The second-order valence-electron chi connectivity index (χ2n) is 7.93. The minimum Gasteiger partial charge on any atom is -0.491 e. The summed E-state index contributed by atoms with van der Waals surface area (Å²) < 4.78 is 5.99. The fraction of sp³-hybridized carbons (Fsp3) is 0.360. The van der Waals surface area contributed by atoms with Crippen LogP contribution in [0.2, 0.25) is 5.02 Å². The van der Waals surface area contributed by atoms with Crippen molar-refractivity contribution in [2.24, 2.45) is 0 Å². The summed E-state index contributed by atoms with van der Waals surface area (Å²) in [6.45, 7) is 4.19. The molecule has 160 valence electrons. The third-order valence-electron chi connectivity index (χ3n) is 5.89. The van der Waals surface area contributed by atoms with Crippen LogP contribution in [0.3, 0.4) is 0 Å². The number of hydrogen-bond donors (Lipinski definition) is 0. The summed E-state index contributed by atoms with van der Waals surface area (Å²) in [4.78, 5) is 17.0. The van der Waals surface area contributed by atoms with E-state index < -0.39 is 0 Å². The number of carbonyl (C=O) groups is 1. The average Bonchev–Trinajstić information content (AvgIpc) is 3.21. The predicted octanol–water partition coefficient (Wildman–Crippen LogP) is 4.68. The Bertz CT molecular complexity index is 1020. The van der Waals surface area contributed by atoms with Gasteiger partial charge in [-0.1, -0.05) is 36.2 Å². The molecular formula is C25H26ClN3O2. The van der Waals surface area contributed by atoms with Gasteiger partial charge in [-0.15, -0.1) is 0 Å². The quantitative estimate of drug-likeness (QED) is 0.618. The highest BCUT2D eigenvalue weighted by Gasteiger charge is 2.25. The molecule has 0 saturated carbocycles. The second-order valence-corrected chi connectivity index (χ2v) is 8.34. The molecule has 1 fully saturated rings. The molecule has 0 aromatic heterocycles. The smallest absolute Gasteiger partial charge is 0.251 e. The Labute approximate surface area is 188 Å². The number of nitriles is 1. The molecule has 2 aromatic rings. The number of benzene rings is 2. The Morgan fingerprint density at radius 2 is 1.97 bits per heavy atom. The summed E-state index contributed by atoms with van der Waals surface area (Å²) in [6, 6.07) is 13.4. The van der Waals surface area contributed by atoms with E-state index in [1.54, 1.807) is 23.1 Å². The first-order valence-corrected chi connectivity index (χ1v) is 11.2. The van der Waals surface area contributed by atoms with E-state index in [0.717, 1.165) is 42.9 Å². The molecule has 0 aliphatic carbocycles. The Hall–Kier alpha value is -2.81. The number of rotatable bonds is 6. The number of likely N-dealkylation sites (tertiary alicyclic amines) is 1. The zero-order valence-electron chi connectivity index (χ0n) is 17.5.